The van der Waals surface area contributed by atoms with Gasteiger partial charge in [0, 0.05) is 24.7 Å². The summed E-state index contributed by atoms with van der Waals surface area (Å²) in [5.41, 5.74) is 6.16. The first-order valence-corrected chi connectivity index (χ1v) is 8.15. The normalized spacial score (nSPS) is 17.6. The third-order valence-corrected chi connectivity index (χ3v) is 4.89. The van der Waals surface area contributed by atoms with E-state index in [-0.39, 0.29) is 11.4 Å². The van der Waals surface area contributed by atoms with Crippen molar-refractivity contribution in [2.45, 2.75) is 30.7 Å². The highest BCUT2D eigenvalue weighted by atomic mass is 35.5. The van der Waals surface area contributed by atoms with E-state index in [1.165, 1.54) is 12.1 Å². The molecule has 106 valence electrons. The van der Waals surface area contributed by atoms with E-state index in [1.54, 1.807) is 11.1 Å². The lowest BCUT2D eigenvalue weighted by Crippen LogP contribution is -2.44. The molecule has 2 rings (SSSR count). The van der Waals surface area contributed by atoms with Crippen molar-refractivity contribution in [2.75, 3.05) is 13.1 Å². The molecule has 19 heavy (non-hydrogen) atoms. The zero-order valence-corrected chi connectivity index (χ0v) is 12.2. The molecule has 5 nitrogen and oxygen atoms in total. The Morgan fingerprint density at radius 1 is 1.26 bits per heavy atom. The summed E-state index contributed by atoms with van der Waals surface area (Å²) in [4.78, 5) is 2.80. The van der Waals surface area contributed by atoms with E-state index in [0.717, 1.165) is 32.4 Å². The Hall–Kier alpha value is -0.660. The number of nitrogens with two attached hydrogens (primary N) is 1. The lowest BCUT2D eigenvalue weighted by Gasteiger charge is -2.26. The predicted molar refractivity (Wildman–Crippen MR) is 75.1 cm³/mol. The zero-order chi connectivity index (χ0) is 13.9. The zero-order valence-electron chi connectivity index (χ0n) is 10.6. The minimum Gasteiger partial charge on any atom is -0.326 e. The van der Waals surface area contributed by atoms with Crippen LogP contribution in [0, 0.1) is 0 Å². The monoisotopic (exact) mass is 303 g/mol. The highest BCUT2D eigenvalue weighted by molar-refractivity contribution is 7.89. The number of hydrogen-bond acceptors (Lipinski definition) is 4. The summed E-state index contributed by atoms with van der Waals surface area (Å²) < 4.78 is 24.5. The highest BCUT2D eigenvalue weighted by Crippen LogP contribution is 2.20. The minimum absolute atomic E-state index is 0.197. The molecule has 0 atom stereocenters. The molecule has 0 aromatic heterocycles. The first-order valence-electron chi connectivity index (χ1n) is 6.29. The maximum atomic E-state index is 12.2. The quantitative estimate of drug-likeness (QED) is 0.883. The number of hydrazine groups is 1. The van der Waals surface area contributed by atoms with Gasteiger partial charge in [0.1, 0.15) is 0 Å². The summed E-state index contributed by atoms with van der Waals surface area (Å²) in [5.74, 6) is 0. The third kappa shape index (κ3) is 3.67. The summed E-state index contributed by atoms with van der Waals surface area (Å²) in [6.07, 6.45) is 3.17. The number of hydrogen-bond donors (Lipinski definition) is 2. The number of sulfonamides is 1. The molecule has 0 bridgehead atoms. The molecular formula is C12H18ClN3O2S. The Kier molecular flexibility index (Phi) is 4.81. The minimum atomic E-state index is -3.55. The van der Waals surface area contributed by atoms with Gasteiger partial charge in [-0.15, -0.1) is 4.83 Å². The largest absolute Gasteiger partial charge is 0.326 e. The summed E-state index contributed by atoms with van der Waals surface area (Å²) in [6.45, 7) is 1.71. The topological polar surface area (TPSA) is 75.4 Å². The standard InChI is InChI=1S/C12H18ClN3O2S/c13-12-5-4-11(8-10(12)9-14)19(17,18)15-16-6-2-1-3-7-16/h4-5,8,15H,1-3,6-7,9,14H2. The molecule has 7 heteroatoms. The molecule has 3 N–H and O–H groups in total. The fourth-order valence-electron chi connectivity index (χ4n) is 2.08. The van der Waals surface area contributed by atoms with Gasteiger partial charge in [0.05, 0.1) is 4.90 Å². The maximum absolute atomic E-state index is 12.2. The van der Waals surface area contributed by atoms with Crippen LogP contribution in [-0.4, -0.2) is 26.5 Å². The summed E-state index contributed by atoms with van der Waals surface area (Å²) in [5, 5.41) is 2.23. The summed E-state index contributed by atoms with van der Waals surface area (Å²) in [6, 6.07) is 4.58. The van der Waals surface area contributed by atoms with Crippen LogP contribution in [0.2, 0.25) is 5.02 Å². The Bertz CT molecular complexity index is 542. The van der Waals surface area contributed by atoms with E-state index in [4.69, 9.17) is 17.3 Å². The number of piperidine rings is 1. The molecule has 1 aliphatic heterocycles. The third-order valence-electron chi connectivity index (χ3n) is 3.15. The molecule has 0 radical (unpaired) electrons. The number of halogens is 1. The number of benzene rings is 1. The van der Waals surface area contributed by atoms with Crippen molar-refractivity contribution < 1.29 is 8.42 Å². The summed E-state index contributed by atoms with van der Waals surface area (Å²) >= 11 is 5.93. The molecule has 0 unspecified atom stereocenters. The Labute approximate surface area is 118 Å². The molecular weight excluding hydrogens is 286 g/mol. The molecule has 1 saturated heterocycles. The fourth-order valence-corrected chi connectivity index (χ4v) is 3.45. The molecule has 1 fully saturated rings. The Morgan fingerprint density at radius 3 is 2.58 bits per heavy atom. The van der Waals surface area contributed by atoms with Crippen LogP contribution in [0.4, 0.5) is 0 Å². The lowest BCUT2D eigenvalue weighted by molar-refractivity contribution is 0.200. The number of rotatable bonds is 4. The van der Waals surface area contributed by atoms with Crippen molar-refractivity contribution in [3.8, 4) is 0 Å². The van der Waals surface area contributed by atoms with Crippen LogP contribution in [0.3, 0.4) is 0 Å². The van der Waals surface area contributed by atoms with Crippen LogP contribution in [0.25, 0.3) is 0 Å². The molecule has 1 aromatic rings. The van der Waals surface area contributed by atoms with Gasteiger partial charge < -0.3 is 5.73 Å². The van der Waals surface area contributed by atoms with E-state index in [9.17, 15) is 8.42 Å². The molecule has 0 aliphatic carbocycles. The van der Waals surface area contributed by atoms with E-state index >= 15 is 0 Å². The first-order chi connectivity index (χ1) is 9.03. The van der Waals surface area contributed by atoms with Gasteiger partial charge in [-0.2, -0.15) is 0 Å². The van der Waals surface area contributed by atoms with E-state index in [0.29, 0.717) is 10.6 Å². The Balaban J connectivity index is 2.18. The van der Waals surface area contributed by atoms with E-state index < -0.39 is 10.0 Å². The summed E-state index contributed by atoms with van der Waals surface area (Å²) in [7, 11) is -3.55. The van der Waals surface area contributed by atoms with Crippen molar-refractivity contribution in [1.29, 1.82) is 0 Å². The average molecular weight is 304 g/mol. The van der Waals surface area contributed by atoms with Crippen LogP contribution in [0.5, 0.6) is 0 Å². The smallest absolute Gasteiger partial charge is 0.253 e. The van der Waals surface area contributed by atoms with Crippen molar-refractivity contribution >= 4 is 21.6 Å². The predicted octanol–water partition coefficient (Wildman–Crippen LogP) is 1.48. The van der Waals surface area contributed by atoms with Gasteiger partial charge in [0.15, 0.2) is 0 Å². The van der Waals surface area contributed by atoms with Crippen molar-refractivity contribution in [3.05, 3.63) is 28.8 Å². The second-order valence-corrected chi connectivity index (χ2v) is 6.67. The van der Waals surface area contributed by atoms with Crippen LogP contribution < -0.4 is 10.6 Å². The molecule has 1 aromatic carbocycles. The highest BCUT2D eigenvalue weighted by Gasteiger charge is 2.20. The second-order valence-electron chi connectivity index (χ2n) is 4.60. The van der Waals surface area contributed by atoms with Gasteiger partial charge in [-0.05, 0) is 36.6 Å². The van der Waals surface area contributed by atoms with Gasteiger partial charge in [-0.25, -0.2) is 13.4 Å². The van der Waals surface area contributed by atoms with Crippen LogP contribution in [0.1, 0.15) is 24.8 Å². The lowest BCUT2D eigenvalue weighted by atomic mass is 10.2. The SMILES string of the molecule is NCc1cc(S(=O)(=O)NN2CCCCC2)ccc1Cl. The molecule has 1 heterocycles. The average Bonchev–Trinajstić information content (AvgIpc) is 2.39. The van der Waals surface area contributed by atoms with Gasteiger partial charge >= 0.3 is 0 Å². The molecule has 0 amide bonds. The van der Waals surface area contributed by atoms with Crippen LogP contribution in [0.15, 0.2) is 23.1 Å². The number of nitrogens with one attached hydrogen (secondary N) is 1. The number of nitrogens with zero attached hydrogens (tertiary/aromatic N) is 1. The first kappa shape index (κ1) is 14.7. The van der Waals surface area contributed by atoms with Gasteiger partial charge in [0.2, 0.25) is 0 Å². The second kappa shape index (κ2) is 6.19. The fraction of sp³-hybridized carbons (Fsp3) is 0.500. The van der Waals surface area contributed by atoms with Crippen molar-refractivity contribution in [3.63, 3.8) is 0 Å². The van der Waals surface area contributed by atoms with E-state index in [1.807, 2.05) is 0 Å². The van der Waals surface area contributed by atoms with Gasteiger partial charge in [-0.1, -0.05) is 18.0 Å². The van der Waals surface area contributed by atoms with E-state index in [2.05, 4.69) is 4.83 Å². The van der Waals surface area contributed by atoms with Crippen molar-refractivity contribution in [2.24, 2.45) is 5.73 Å². The van der Waals surface area contributed by atoms with Gasteiger partial charge in [-0.3, -0.25) is 0 Å². The van der Waals surface area contributed by atoms with Gasteiger partial charge in [0.25, 0.3) is 10.0 Å². The molecule has 1 aliphatic rings. The van der Waals surface area contributed by atoms with Crippen molar-refractivity contribution in [1.82, 2.24) is 9.84 Å². The van der Waals surface area contributed by atoms with Crippen LogP contribution in [-0.2, 0) is 16.6 Å². The molecule has 0 spiro atoms. The maximum Gasteiger partial charge on any atom is 0.253 e. The van der Waals surface area contributed by atoms with Crippen LogP contribution >= 0.6 is 11.6 Å². The molecule has 0 saturated carbocycles. The Morgan fingerprint density at radius 2 is 1.95 bits per heavy atom.